The van der Waals surface area contributed by atoms with Crippen molar-refractivity contribution < 1.29 is 14.3 Å². The van der Waals surface area contributed by atoms with Gasteiger partial charge in [-0.15, -0.1) is 5.10 Å². The minimum Gasteiger partial charge on any atom is -0.465 e. The molecule has 0 spiro atoms. The molecule has 2 aromatic heterocycles. The highest BCUT2D eigenvalue weighted by atomic mass is 16.5. The van der Waals surface area contributed by atoms with Crippen LogP contribution >= 0.6 is 0 Å². The number of aromatic nitrogens is 4. The molecular formula is C20H19N5O3. The van der Waals surface area contributed by atoms with Crippen LogP contribution in [0.2, 0.25) is 0 Å². The molecule has 0 fully saturated rings. The minimum atomic E-state index is -0.343. The van der Waals surface area contributed by atoms with Gasteiger partial charge in [0.05, 0.1) is 12.7 Å². The summed E-state index contributed by atoms with van der Waals surface area (Å²) in [4.78, 5) is 32.2. The van der Waals surface area contributed by atoms with Crippen molar-refractivity contribution in [2.75, 3.05) is 12.4 Å². The summed E-state index contributed by atoms with van der Waals surface area (Å²) in [6.07, 6.45) is 4.76. The first-order chi connectivity index (χ1) is 13.6. The maximum atomic E-state index is 12.3. The highest BCUT2D eigenvalue weighted by molar-refractivity contribution is 6.03. The standard InChI is InChI=1S/C20H19N5O3/c1-28-19(27)15-4-2-13(3-5-15)16-8-11-25-17(12-16)22-20(24-25)23-18(26)14-6-9-21-10-7-14/h2-7,9-10,16H,8,11-12H2,1H3,(H,23,24,26). The van der Waals surface area contributed by atoms with Crippen LogP contribution in [0.5, 0.6) is 0 Å². The molecule has 1 aliphatic rings. The Balaban J connectivity index is 1.46. The predicted molar refractivity (Wildman–Crippen MR) is 101 cm³/mol. The molecule has 3 aromatic rings. The monoisotopic (exact) mass is 377 g/mol. The number of hydrogen-bond acceptors (Lipinski definition) is 6. The summed E-state index contributed by atoms with van der Waals surface area (Å²) < 4.78 is 6.57. The van der Waals surface area contributed by atoms with E-state index in [1.165, 1.54) is 7.11 Å². The van der Waals surface area contributed by atoms with Gasteiger partial charge < -0.3 is 4.74 Å². The smallest absolute Gasteiger partial charge is 0.337 e. The highest BCUT2D eigenvalue weighted by Crippen LogP contribution is 2.29. The number of ether oxygens (including phenoxy) is 1. The van der Waals surface area contributed by atoms with E-state index < -0.39 is 0 Å². The lowest BCUT2D eigenvalue weighted by Crippen LogP contribution is -2.19. The van der Waals surface area contributed by atoms with Gasteiger partial charge in [0.2, 0.25) is 5.95 Å². The number of fused-ring (bicyclic) bond motifs is 1. The van der Waals surface area contributed by atoms with Crippen LogP contribution in [0.4, 0.5) is 5.95 Å². The Labute approximate surface area is 161 Å². The van der Waals surface area contributed by atoms with E-state index in [9.17, 15) is 9.59 Å². The van der Waals surface area contributed by atoms with Crippen molar-refractivity contribution in [3.63, 3.8) is 0 Å². The van der Waals surface area contributed by atoms with Crippen LogP contribution in [-0.4, -0.2) is 38.7 Å². The van der Waals surface area contributed by atoms with E-state index in [1.54, 1.807) is 36.7 Å². The molecule has 1 aliphatic heterocycles. The summed E-state index contributed by atoms with van der Waals surface area (Å²) in [6, 6.07) is 10.7. The number of rotatable bonds is 4. The second-order valence-electron chi connectivity index (χ2n) is 6.57. The molecule has 1 N–H and O–H groups in total. The zero-order valence-corrected chi connectivity index (χ0v) is 15.3. The average Bonchev–Trinajstić information content (AvgIpc) is 3.15. The van der Waals surface area contributed by atoms with Gasteiger partial charge in [0.15, 0.2) is 0 Å². The van der Waals surface area contributed by atoms with Crippen LogP contribution in [0.1, 0.15) is 44.4 Å². The lowest BCUT2D eigenvalue weighted by Gasteiger charge is -2.22. The van der Waals surface area contributed by atoms with Crippen molar-refractivity contribution in [2.24, 2.45) is 0 Å². The first-order valence-corrected chi connectivity index (χ1v) is 8.97. The lowest BCUT2D eigenvalue weighted by molar-refractivity contribution is 0.0600. The maximum Gasteiger partial charge on any atom is 0.337 e. The molecule has 142 valence electrons. The number of carbonyl (C=O) groups excluding carboxylic acids is 2. The first-order valence-electron chi connectivity index (χ1n) is 8.97. The number of benzene rings is 1. The largest absolute Gasteiger partial charge is 0.465 e. The molecule has 0 saturated carbocycles. The van der Waals surface area contributed by atoms with E-state index in [0.717, 1.165) is 30.8 Å². The molecule has 4 rings (SSSR count). The number of nitrogens with zero attached hydrogens (tertiary/aromatic N) is 4. The third kappa shape index (κ3) is 3.62. The second-order valence-corrected chi connectivity index (χ2v) is 6.57. The molecule has 0 saturated heterocycles. The molecule has 8 nitrogen and oxygen atoms in total. The molecule has 0 bridgehead atoms. The van der Waals surface area contributed by atoms with E-state index in [2.05, 4.69) is 20.4 Å². The van der Waals surface area contributed by atoms with E-state index in [1.807, 2.05) is 16.8 Å². The Morgan fingerprint density at radius 2 is 1.86 bits per heavy atom. The topological polar surface area (TPSA) is 99.0 Å². The number of esters is 1. The molecule has 8 heteroatoms. The normalized spacial score (nSPS) is 15.5. The van der Waals surface area contributed by atoms with Gasteiger partial charge in [0, 0.05) is 30.9 Å². The van der Waals surface area contributed by atoms with Gasteiger partial charge in [-0.25, -0.2) is 9.48 Å². The van der Waals surface area contributed by atoms with Crippen molar-refractivity contribution in [3.8, 4) is 0 Å². The first kappa shape index (κ1) is 17.8. The van der Waals surface area contributed by atoms with Crippen molar-refractivity contribution in [2.45, 2.75) is 25.3 Å². The van der Waals surface area contributed by atoms with E-state index in [4.69, 9.17) is 4.74 Å². The fraction of sp³-hybridized carbons (Fsp3) is 0.250. The number of hydrogen-bond donors (Lipinski definition) is 1. The summed E-state index contributed by atoms with van der Waals surface area (Å²) >= 11 is 0. The predicted octanol–water partition coefficient (Wildman–Crippen LogP) is 2.44. The van der Waals surface area contributed by atoms with Crippen LogP contribution in [0.25, 0.3) is 0 Å². The van der Waals surface area contributed by atoms with Crippen LogP contribution in [0.3, 0.4) is 0 Å². The Morgan fingerprint density at radius 3 is 2.57 bits per heavy atom. The number of pyridine rings is 1. The second kappa shape index (κ2) is 7.59. The molecule has 0 aliphatic carbocycles. The van der Waals surface area contributed by atoms with Gasteiger partial charge in [-0.1, -0.05) is 12.1 Å². The van der Waals surface area contributed by atoms with E-state index in [0.29, 0.717) is 17.1 Å². The zero-order valence-electron chi connectivity index (χ0n) is 15.3. The highest BCUT2D eigenvalue weighted by Gasteiger charge is 2.24. The number of anilines is 1. The summed E-state index contributed by atoms with van der Waals surface area (Å²) in [5.41, 5.74) is 2.18. The number of nitrogens with one attached hydrogen (secondary N) is 1. The molecule has 1 amide bonds. The molecule has 1 aromatic carbocycles. The molecule has 0 radical (unpaired) electrons. The Bertz CT molecular complexity index is 998. The van der Waals surface area contributed by atoms with Crippen molar-refractivity contribution in [3.05, 3.63) is 71.3 Å². The third-order valence-electron chi connectivity index (χ3n) is 4.84. The fourth-order valence-corrected chi connectivity index (χ4v) is 3.33. The summed E-state index contributed by atoms with van der Waals surface area (Å²) in [6.45, 7) is 0.719. The van der Waals surface area contributed by atoms with Crippen LogP contribution in [0.15, 0.2) is 48.8 Å². The van der Waals surface area contributed by atoms with Gasteiger partial charge in [-0.05, 0) is 42.2 Å². The van der Waals surface area contributed by atoms with E-state index >= 15 is 0 Å². The number of amides is 1. The number of aryl methyl sites for hydroxylation is 1. The van der Waals surface area contributed by atoms with Crippen molar-refractivity contribution in [1.29, 1.82) is 0 Å². The lowest BCUT2D eigenvalue weighted by atomic mass is 9.90. The van der Waals surface area contributed by atoms with Gasteiger partial charge in [-0.3, -0.25) is 15.1 Å². The summed E-state index contributed by atoms with van der Waals surface area (Å²) in [5.74, 6) is 0.814. The van der Waals surface area contributed by atoms with Gasteiger partial charge in [0.1, 0.15) is 5.82 Å². The van der Waals surface area contributed by atoms with Gasteiger partial charge >= 0.3 is 5.97 Å². The van der Waals surface area contributed by atoms with E-state index in [-0.39, 0.29) is 17.8 Å². The zero-order chi connectivity index (χ0) is 19.5. The Morgan fingerprint density at radius 1 is 1.11 bits per heavy atom. The fourth-order valence-electron chi connectivity index (χ4n) is 3.33. The van der Waals surface area contributed by atoms with Crippen LogP contribution in [0, 0.1) is 0 Å². The van der Waals surface area contributed by atoms with Crippen LogP contribution < -0.4 is 5.32 Å². The SMILES string of the molecule is COC(=O)c1ccc(C2CCn3nc(NC(=O)c4ccncc4)nc3C2)cc1. The molecular weight excluding hydrogens is 358 g/mol. The molecule has 1 atom stereocenters. The van der Waals surface area contributed by atoms with Crippen molar-refractivity contribution in [1.82, 2.24) is 19.7 Å². The number of carbonyl (C=O) groups is 2. The van der Waals surface area contributed by atoms with Crippen molar-refractivity contribution >= 4 is 17.8 Å². The van der Waals surface area contributed by atoms with Gasteiger partial charge in [-0.2, -0.15) is 4.98 Å². The maximum absolute atomic E-state index is 12.3. The summed E-state index contributed by atoms with van der Waals surface area (Å²) in [5, 5.41) is 7.12. The van der Waals surface area contributed by atoms with Gasteiger partial charge in [0.25, 0.3) is 5.91 Å². The summed E-state index contributed by atoms with van der Waals surface area (Å²) in [7, 11) is 1.37. The number of methoxy groups -OCH3 is 1. The molecule has 28 heavy (non-hydrogen) atoms. The Hall–Kier alpha value is -3.55. The minimum absolute atomic E-state index is 0.264. The molecule has 1 unspecified atom stereocenters. The van der Waals surface area contributed by atoms with Crippen LogP contribution in [-0.2, 0) is 17.7 Å². The molecule has 3 heterocycles. The average molecular weight is 377 g/mol. The quantitative estimate of drug-likeness (QED) is 0.701. The Kier molecular flexibility index (Phi) is 4.84. The third-order valence-corrected chi connectivity index (χ3v) is 4.84.